The Morgan fingerprint density at radius 3 is 2.67 bits per heavy atom. The van der Waals surface area contributed by atoms with E-state index < -0.39 is 5.97 Å². The highest BCUT2D eigenvalue weighted by molar-refractivity contribution is 6.05. The van der Waals surface area contributed by atoms with E-state index in [1.165, 1.54) is 19.3 Å². The summed E-state index contributed by atoms with van der Waals surface area (Å²) in [6.45, 7) is 3.64. The van der Waals surface area contributed by atoms with Gasteiger partial charge in [0.2, 0.25) is 0 Å². The van der Waals surface area contributed by atoms with E-state index in [4.69, 9.17) is 14.5 Å². The number of pyridine rings is 1. The molecular formula is C26H33N3O4. The fourth-order valence-electron chi connectivity index (χ4n) is 5.81. The molecule has 176 valence electrons. The molecule has 5 rings (SSSR count). The molecule has 1 aromatic heterocycles. The summed E-state index contributed by atoms with van der Waals surface area (Å²) in [6.07, 6.45) is 8.48. The number of esters is 1. The van der Waals surface area contributed by atoms with Crippen LogP contribution >= 0.6 is 0 Å². The van der Waals surface area contributed by atoms with Crippen LogP contribution in [0.5, 0.6) is 0 Å². The lowest BCUT2D eigenvalue weighted by atomic mass is 9.79. The van der Waals surface area contributed by atoms with Crippen LogP contribution in [0.4, 0.5) is 0 Å². The lowest BCUT2D eigenvalue weighted by Crippen LogP contribution is -2.59. The molecule has 2 heterocycles. The number of hydrogen-bond acceptors (Lipinski definition) is 6. The van der Waals surface area contributed by atoms with Gasteiger partial charge in [0.25, 0.3) is 5.91 Å². The Bertz CT molecular complexity index is 1030. The zero-order chi connectivity index (χ0) is 22.7. The van der Waals surface area contributed by atoms with E-state index in [0.29, 0.717) is 12.1 Å². The molecule has 1 aliphatic heterocycles. The third-order valence-electron chi connectivity index (χ3n) is 7.54. The number of carbonyl (C=O) groups excluding carboxylic acids is 2. The van der Waals surface area contributed by atoms with Crippen molar-refractivity contribution in [1.29, 1.82) is 0 Å². The van der Waals surface area contributed by atoms with Gasteiger partial charge in [0.15, 0.2) is 6.61 Å². The minimum Gasteiger partial charge on any atom is -0.452 e. The van der Waals surface area contributed by atoms with Gasteiger partial charge < -0.3 is 14.8 Å². The first-order valence-corrected chi connectivity index (χ1v) is 12.3. The molecule has 7 heteroatoms. The van der Waals surface area contributed by atoms with Crippen LogP contribution in [-0.2, 0) is 27.1 Å². The molecule has 3 aliphatic rings. The van der Waals surface area contributed by atoms with Crippen LogP contribution in [0.2, 0.25) is 0 Å². The Morgan fingerprint density at radius 2 is 1.85 bits per heavy atom. The van der Waals surface area contributed by atoms with Gasteiger partial charge in [-0.1, -0.05) is 37.5 Å². The first-order chi connectivity index (χ1) is 16.2. The minimum absolute atomic E-state index is 0.0101. The Morgan fingerprint density at radius 1 is 1.06 bits per heavy atom. The zero-order valence-electron chi connectivity index (χ0n) is 19.2. The number of aryl methyl sites for hydroxylation is 1. The van der Waals surface area contributed by atoms with Gasteiger partial charge in [-0.3, -0.25) is 14.7 Å². The van der Waals surface area contributed by atoms with E-state index in [0.717, 1.165) is 80.6 Å². The molecule has 0 spiro atoms. The second-order valence-electron chi connectivity index (χ2n) is 9.52. The molecule has 1 saturated carbocycles. The van der Waals surface area contributed by atoms with Gasteiger partial charge >= 0.3 is 5.97 Å². The first kappa shape index (κ1) is 22.3. The number of benzene rings is 1. The van der Waals surface area contributed by atoms with Crippen molar-refractivity contribution in [3.05, 3.63) is 41.1 Å². The lowest BCUT2D eigenvalue weighted by Gasteiger charge is -2.48. The monoisotopic (exact) mass is 451 g/mol. The smallest absolute Gasteiger partial charge is 0.339 e. The highest BCUT2D eigenvalue weighted by Crippen LogP contribution is 2.34. The van der Waals surface area contributed by atoms with Gasteiger partial charge in [0.05, 0.1) is 24.3 Å². The van der Waals surface area contributed by atoms with Crippen LogP contribution in [0.15, 0.2) is 24.3 Å². The van der Waals surface area contributed by atoms with E-state index in [9.17, 15) is 9.59 Å². The van der Waals surface area contributed by atoms with Crippen molar-refractivity contribution in [1.82, 2.24) is 15.2 Å². The van der Waals surface area contributed by atoms with Gasteiger partial charge in [0, 0.05) is 36.3 Å². The van der Waals surface area contributed by atoms with Crippen molar-refractivity contribution in [2.45, 2.75) is 56.9 Å². The molecule has 2 fully saturated rings. The lowest BCUT2D eigenvalue weighted by molar-refractivity contribution is -0.125. The molecule has 0 atom stereocenters. The number of rotatable bonds is 6. The summed E-state index contributed by atoms with van der Waals surface area (Å²) in [6, 6.07) is 7.67. The number of ether oxygens (including phenoxy) is 2. The van der Waals surface area contributed by atoms with Gasteiger partial charge in [-0.15, -0.1) is 0 Å². The van der Waals surface area contributed by atoms with E-state index >= 15 is 0 Å². The van der Waals surface area contributed by atoms with E-state index in [2.05, 4.69) is 10.2 Å². The molecule has 7 nitrogen and oxygen atoms in total. The van der Waals surface area contributed by atoms with Crippen LogP contribution in [0.1, 0.15) is 60.1 Å². The Kier molecular flexibility index (Phi) is 6.60. The predicted octanol–water partition coefficient (Wildman–Crippen LogP) is 3.03. The molecule has 0 radical (unpaired) electrons. The summed E-state index contributed by atoms with van der Waals surface area (Å²) in [5, 5.41) is 3.88. The molecule has 1 aromatic carbocycles. The van der Waals surface area contributed by atoms with Gasteiger partial charge in [0.1, 0.15) is 0 Å². The first-order valence-electron chi connectivity index (χ1n) is 12.3. The molecule has 2 aliphatic carbocycles. The Labute approximate surface area is 194 Å². The fourth-order valence-corrected chi connectivity index (χ4v) is 5.81. The van der Waals surface area contributed by atoms with Crippen LogP contribution in [-0.4, -0.2) is 66.8 Å². The van der Waals surface area contributed by atoms with Gasteiger partial charge in [-0.2, -0.15) is 0 Å². The highest BCUT2D eigenvalue weighted by atomic mass is 16.5. The molecule has 2 aromatic rings. The van der Waals surface area contributed by atoms with Crippen molar-refractivity contribution in [2.75, 3.05) is 39.5 Å². The van der Waals surface area contributed by atoms with Crippen molar-refractivity contribution in [3.8, 4) is 0 Å². The zero-order valence-corrected chi connectivity index (χ0v) is 19.2. The maximum absolute atomic E-state index is 13.1. The van der Waals surface area contributed by atoms with E-state index in [-0.39, 0.29) is 18.1 Å². The number of aromatic nitrogens is 1. The average molecular weight is 452 g/mol. The summed E-state index contributed by atoms with van der Waals surface area (Å²) in [5.74, 6) is -0.668. The van der Waals surface area contributed by atoms with Crippen molar-refractivity contribution < 1.29 is 19.1 Å². The van der Waals surface area contributed by atoms with Crippen LogP contribution in [0.3, 0.4) is 0 Å². The normalized spacial score (nSPS) is 20.4. The number of carbonyl (C=O) groups is 2. The number of fused-ring (bicyclic) bond motifs is 2. The Hall–Kier alpha value is -2.51. The number of para-hydroxylation sites is 1. The Balaban J connectivity index is 1.24. The maximum atomic E-state index is 13.1. The molecular weight excluding hydrogens is 418 g/mol. The van der Waals surface area contributed by atoms with Gasteiger partial charge in [-0.05, 0) is 43.7 Å². The summed E-state index contributed by atoms with van der Waals surface area (Å²) in [5.41, 5.74) is 3.34. The minimum atomic E-state index is -0.428. The predicted molar refractivity (Wildman–Crippen MR) is 125 cm³/mol. The molecule has 33 heavy (non-hydrogen) atoms. The maximum Gasteiger partial charge on any atom is 0.339 e. The largest absolute Gasteiger partial charge is 0.452 e. The summed E-state index contributed by atoms with van der Waals surface area (Å²) < 4.78 is 11.1. The topological polar surface area (TPSA) is 80.8 Å². The third-order valence-corrected chi connectivity index (χ3v) is 7.54. The molecule has 1 amide bonds. The molecule has 0 bridgehead atoms. The SMILES string of the molecule is O=C(COC(=O)c1c2c(nc3ccccc13)CCC2)NCC1(N2CCOCC2)CCCCC1. The summed E-state index contributed by atoms with van der Waals surface area (Å²) in [7, 11) is 0. The van der Waals surface area contributed by atoms with Crippen molar-refractivity contribution in [3.63, 3.8) is 0 Å². The van der Waals surface area contributed by atoms with Crippen LogP contribution in [0, 0.1) is 0 Å². The second-order valence-corrected chi connectivity index (χ2v) is 9.52. The fraction of sp³-hybridized carbons (Fsp3) is 0.577. The van der Waals surface area contributed by atoms with Crippen molar-refractivity contribution >= 4 is 22.8 Å². The standard InChI is InChI=1S/C26H33N3O4/c30-23(27-18-26(11-4-1-5-12-26)29-13-15-32-16-14-29)17-33-25(31)24-19-7-2-3-9-21(19)28-22-10-6-8-20(22)24/h2-3,7,9H,1,4-6,8,10-18H2,(H,27,30). The van der Waals surface area contributed by atoms with E-state index in [1.54, 1.807) is 0 Å². The molecule has 0 unspecified atom stereocenters. The number of amides is 1. The van der Waals surface area contributed by atoms with E-state index in [1.807, 2.05) is 24.3 Å². The van der Waals surface area contributed by atoms with Gasteiger partial charge in [-0.25, -0.2) is 4.79 Å². The quantitative estimate of drug-likeness (QED) is 0.680. The highest BCUT2D eigenvalue weighted by Gasteiger charge is 2.39. The van der Waals surface area contributed by atoms with Crippen molar-refractivity contribution in [2.24, 2.45) is 0 Å². The number of nitrogens with one attached hydrogen (secondary N) is 1. The number of hydrogen-bond donors (Lipinski definition) is 1. The molecule has 1 saturated heterocycles. The summed E-state index contributed by atoms with van der Waals surface area (Å²) in [4.78, 5) is 33.0. The van der Waals surface area contributed by atoms with Crippen LogP contribution < -0.4 is 5.32 Å². The van der Waals surface area contributed by atoms with Crippen LogP contribution in [0.25, 0.3) is 10.9 Å². The number of morpholine rings is 1. The second kappa shape index (κ2) is 9.77. The third kappa shape index (κ3) is 4.62. The average Bonchev–Trinajstić information content (AvgIpc) is 3.33. The molecule has 1 N–H and O–H groups in total. The summed E-state index contributed by atoms with van der Waals surface area (Å²) >= 11 is 0. The number of nitrogens with zero attached hydrogens (tertiary/aromatic N) is 2.